The van der Waals surface area contributed by atoms with E-state index in [9.17, 15) is 8.42 Å². The number of nitrogens with two attached hydrogens (primary N) is 1. The van der Waals surface area contributed by atoms with Gasteiger partial charge in [0.25, 0.3) is 0 Å². The van der Waals surface area contributed by atoms with E-state index >= 15 is 0 Å². The summed E-state index contributed by atoms with van der Waals surface area (Å²) in [6, 6.07) is 3.25. The number of nitrogen functional groups attached to an aromatic ring is 1. The van der Waals surface area contributed by atoms with Gasteiger partial charge in [-0.3, -0.25) is 0 Å². The van der Waals surface area contributed by atoms with Gasteiger partial charge in [-0.25, -0.2) is 13.4 Å². The first kappa shape index (κ1) is 13.3. The highest BCUT2D eigenvalue weighted by Gasteiger charge is 2.34. The van der Waals surface area contributed by atoms with Crippen LogP contribution in [-0.2, 0) is 9.84 Å². The summed E-state index contributed by atoms with van der Waals surface area (Å²) in [5.41, 5.74) is 6.00. The molecule has 2 atom stereocenters. The van der Waals surface area contributed by atoms with E-state index in [4.69, 9.17) is 5.73 Å². The molecule has 0 spiro atoms. The van der Waals surface area contributed by atoms with Crippen molar-refractivity contribution < 1.29 is 8.42 Å². The van der Waals surface area contributed by atoms with Crippen LogP contribution in [0.2, 0.25) is 0 Å². The molecular weight excluding hydrogens is 248 g/mol. The van der Waals surface area contributed by atoms with Gasteiger partial charge >= 0.3 is 0 Å². The van der Waals surface area contributed by atoms with Gasteiger partial charge < -0.3 is 5.73 Å². The standard InChI is InChI=1S/C13H20N2O2S/c1-2-10-5-3-6-11(9-10)18(16,17)13-12(14)7-4-8-15-13/h4,7-8,10-11H,2-3,5-6,9,14H2,1H3. The van der Waals surface area contributed by atoms with Gasteiger partial charge in [-0.05, 0) is 30.9 Å². The smallest absolute Gasteiger partial charge is 0.200 e. The molecule has 0 bridgehead atoms. The van der Waals surface area contributed by atoms with Crippen LogP contribution in [0.25, 0.3) is 0 Å². The van der Waals surface area contributed by atoms with Crippen molar-refractivity contribution in [3.05, 3.63) is 18.3 Å². The van der Waals surface area contributed by atoms with Crippen molar-refractivity contribution in [1.29, 1.82) is 0 Å². The molecule has 2 rings (SSSR count). The molecule has 1 aliphatic carbocycles. The van der Waals surface area contributed by atoms with Crippen LogP contribution in [0.1, 0.15) is 39.0 Å². The van der Waals surface area contributed by atoms with Gasteiger partial charge in [-0.15, -0.1) is 0 Å². The van der Waals surface area contributed by atoms with Gasteiger partial charge in [0, 0.05) is 6.20 Å². The first-order chi connectivity index (χ1) is 8.55. The maximum atomic E-state index is 12.5. The predicted octanol–water partition coefficient (Wildman–Crippen LogP) is 2.41. The summed E-state index contributed by atoms with van der Waals surface area (Å²) in [5.74, 6) is 0.517. The Morgan fingerprint density at radius 3 is 2.89 bits per heavy atom. The van der Waals surface area contributed by atoms with E-state index in [1.807, 2.05) is 0 Å². The third-order valence-corrected chi connectivity index (χ3v) is 6.01. The Morgan fingerprint density at radius 2 is 2.22 bits per heavy atom. The second kappa shape index (κ2) is 5.26. The van der Waals surface area contributed by atoms with E-state index in [1.165, 1.54) is 6.20 Å². The molecule has 0 saturated heterocycles. The normalized spacial score (nSPS) is 24.9. The molecule has 1 aromatic rings. The molecule has 0 aliphatic heterocycles. The van der Waals surface area contributed by atoms with Crippen molar-refractivity contribution in [2.45, 2.75) is 49.3 Å². The fourth-order valence-corrected chi connectivity index (χ4v) is 4.62. The van der Waals surface area contributed by atoms with Crippen LogP contribution in [0.5, 0.6) is 0 Å². The molecule has 18 heavy (non-hydrogen) atoms. The molecule has 0 radical (unpaired) electrons. The van der Waals surface area contributed by atoms with E-state index in [0.29, 0.717) is 5.92 Å². The average molecular weight is 268 g/mol. The minimum absolute atomic E-state index is 0.0618. The number of pyridine rings is 1. The first-order valence-corrected chi connectivity index (χ1v) is 8.04. The number of rotatable bonds is 3. The Hall–Kier alpha value is -1.10. The molecule has 5 heteroatoms. The highest BCUT2D eigenvalue weighted by molar-refractivity contribution is 7.92. The lowest BCUT2D eigenvalue weighted by Crippen LogP contribution is -2.29. The number of aromatic nitrogens is 1. The van der Waals surface area contributed by atoms with Crippen LogP contribution in [0.4, 0.5) is 5.69 Å². The number of anilines is 1. The van der Waals surface area contributed by atoms with Gasteiger partial charge in [0.15, 0.2) is 5.03 Å². The molecule has 1 aliphatic rings. The summed E-state index contributed by atoms with van der Waals surface area (Å²) in [4.78, 5) is 3.96. The Morgan fingerprint density at radius 1 is 1.44 bits per heavy atom. The van der Waals surface area contributed by atoms with E-state index in [1.54, 1.807) is 12.1 Å². The lowest BCUT2D eigenvalue weighted by Gasteiger charge is -2.28. The maximum absolute atomic E-state index is 12.5. The summed E-state index contributed by atoms with van der Waals surface area (Å²) in [6.45, 7) is 2.12. The molecule has 0 amide bonds. The first-order valence-electron chi connectivity index (χ1n) is 6.50. The van der Waals surface area contributed by atoms with Crippen LogP contribution in [0, 0.1) is 5.92 Å². The van der Waals surface area contributed by atoms with E-state index in [0.717, 1.165) is 32.1 Å². The number of hydrogen-bond acceptors (Lipinski definition) is 4. The fraction of sp³-hybridized carbons (Fsp3) is 0.615. The monoisotopic (exact) mass is 268 g/mol. The van der Waals surface area contributed by atoms with Crippen LogP contribution in [-0.4, -0.2) is 18.7 Å². The molecule has 2 N–H and O–H groups in total. The molecule has 1 fully saturated rings. The molecule has 2 unspecified atom stereocenters. The van der Waals surface area contributed by atoms with Crippen molar-refractivity contribution in [2.75, 3.05) is 5.73 Å². The predicted molar refractivity (Wildman–Crippen MR) is 71.9 cm³/mol. The second-order valence-corrected chi connectivity index (χ2v) is 7.15. The summed E-state index contributed by atoms with van der Waals surface area (Å²) in [6.07, 6.45) is 6.13. The van der Waals surface area contributed by atoms with Crippen molar-refractivity contribution in [3.8, 4) is 0 Å². The van der Waals surface area contributed by atoms with E-state index in [2.05, 4.69) is 11.9 Å². The largest absolute Gasteiger partial charge is 0.396 e. The third kappa shape index (κ3) is 2.51. The van der Waals surface area contributed by atoms with E-state index < -0.39 is 9.84 Å². The Kier molecular flexibility index (Phi) is 3.90. The molecule has 1 heterocycles. The molecule has 4 nitrogen and oxygen atoms in total. The highest BCUT2D eigenvalue weighted by atomic mass is 32.2. The minimum atomic E-state index is -3.37. The average Bonchev–Trinajstić information content (AvgIpc) is 2.39. The number of nitrogens with zero attached hydrogens (tertiary/aromatic N) is 1. The molecule has 100 valence electrons. The zero-order chi connectivity index (χ0) is 13.2. The SMILES string of the molecule is CCC1CCCC(S(=O)(=O)c2ncccc2N)C1. The van der Waals surface area contributed by atoms with E-state index in [-0.39, 0.29) is 16.0 Å². The lowest BCUT2D eigenvalue weighted by atomic mass is 9.87. The van der Waals surface area contributed by atoms with Crippen molar-refractivity contribution in [3.63, 3.8) is 0 Å². The van der Waals surface area contributed by atoms with Crippen molar-refractivity contribution in [1.82, 2.24) is 4.98 Å². The highest BCUT2D eigenvalue weighted by Crippen LogP contribution is 2.34. The van der Waals surface area contributed by atoms with Crippen LogP contribution < -0.4 is 5.73 Å². The van der Waals surface area contributed by atoms with Gasteiger partial charge in [0.05, 0.1) is 10.9 Å². The minimum Gasteiger partial charge on any atom is -0.396 e. The van der Waals surface area contributed by atoms with Crippen LogP contribution in [0.15, 0.2) is 23.4 Å². The van der Waals surface area contributed by atoms with Crippen molar-refractivity contribution in [2.24, 2.45) is 5.92 Å². The summed E-state index contributed by atoms with van der Waals surface area (Å²) < 4.78 is 25.1. The summed E-state index contributed by atoms with van der Waals surface area (Å²) in [7, 11) is -3.37. The third-order valence-electron chi connectivity index (χ3n) is 3.82. The van der Waals surface area contributed by atoms with Crippen LogP contribution >= 0.6 is 0 Å². The summed E-state index contributed by atoms with van der Waals surface area (Å²) >= 11 is 0. The van der Waals surface area contributed by atoms with Crippen molar-refractivity contribution >= 4 is 15.5 Å². The zero-order valence-corrected chi connectivity index (χ0v) is 11.5. The molecular formula is C13H20N2O2S. The van der Waals surface area contributed by atoms with Gasteiger partial charge in [-0.2, -0.15) is 0 Å². The Bertz CT molecular complexity index is 513. The topological polar surface area (TPSA) is 73.0 Å². The fourth-order valence-electron chi connectivity index (χ4n) is 2.69. The number of hydrogen-bond donors (Lipinski definition) is 1. The zero-order valence-electron chi connectivity index (χ0n) is 10.7. The maximum Gasteiger partial charge on any atom is 0.200 e. The number of sulfone groups is 1. The molecule has 1 aromatic heterocycles. The Balaban J connectivity index is 2.29. The quantitative estimate of drug-likeness (QED) is 0.913. The molecule has 0 aromatic carbocycles. The second-order valence-electron chi connectivity index (χ2n) is 5.01. The molecule has 1 saturated carbocycles. The summed E-state index contributed by atoms with van der Waals surface area (Å²) in [5, 5.41) is -0.250. The lowest BCUT2D eigenvalue weighted by molar-refractivity contribution is 0.348. The van der Waals surface area contributed by atoms with Crippen LogP contribution in [0.3, 0.4) is 0 Å². The Labute approximate surface area is 109 Å². The van der Waals surface area contributed by atoms with Gasteiger partial charge in [-0.1, -0.05) is 26.2 Å². The van der Waals surface area contributed by atoms with Gasteiger partial charge in [0.1, 0.15) is 0 Å². The van der Waals surface area contributed by atoms with Gasteiger partial charge in [0.2, 0.25) is 9.84 Å².